The number of nitrogens with one attached hydrogen (secondary N) is 3. The van der Waals surface area contributed by atoms with E-state index in [-0.39, 0.29) is 18.5 Å². The van der Waals surface area contributed by atoms with Gasteiger partial charge in [-0.2, -0.15) is 13.2 Å². The fraction of sp³-hybridized carbons (Fsp3) is 0.667. The van der Waals surface area contributed by atoms with Crippen LogP contribution in [0.1, 0.15) is 44.3 Å². The Hall–Kier alpha value is -2.37. The van der Waals surface area contributed by atoms with Crippen molar-refractivity contribution in [3.05, 3.63) is 16.1 Å². The highest BCUT2D eigenvalue weighted by atomic mass is 32.1. The van der Waals surface area contributed by atoms with Gasteiger partial charge in [0.2, 0.25) is 0 Å². The summed E-state index contributed by atoms with van der Waals surface area (Å²) in [6.07, 6.45) is -3.08. The summed E-state index contributed by atoms with van der Waals surface area (Å²) in [6.45, 7) is 7.08. The van der Waals surface area contributed by atoms with Crippen LogP contribution in [0.15, 0.2) is 10.4 Å². The fourth-order valence-electron chi connectivity index (χ4n) is 2.79. The van der Waals surface area contributed by atoms with E-state index in [1.165, 1.54) is 4.90 Å². The summed E-state index contributed by atoms with van der Waals surface area (Å²) in [5.74, 6) is 0.284. The quantitative estimate of drug-likeness (QED) is 0.233. The number of guanidine groups is 1. The Kier molecular flexibility index (Phi) is 8.04. The van der Waals surface area contributed by atoms with Crippen molar-refractivity contribution in [2.75, 3.05) is 26.2 Å². The molecule has 12 heteroatoms. The molecule has 0 radical (unpaired) electrons. The van der Waals surface area contributed by atoms with Crippen molar-refractivity contribution in [2.24, 2.45) is 4.99 Å². The normalized spacial score (nSPS) is 19.9. The third-order valence-electron chi connectivity index (χ3n) is 4.68. The van der Waals surface area contributed by atoms with Gasteiger partial charge in [0.05, 0.1) is 5.01 Å². The van der Waals surface area contributed by atoms with Gasteiger partial charge in [0, 0.05) is 38.0 Å². The molecule has 8 nitrogen and oxygen atoms in total. The van der Waals surface area contributed by atoms with Crippen LogP contribution < -0.4 is 16.0 Å². The lowest BCUT2D eigenvalue weighted by Crippen LogP contribution is -2.43. The predicted octanol–water partition coefficient (Wildman–Crippen LogP) is 2.37. The van der Waals surface area contributed by atoms with Gasteiger partial charge in [0.25, 0.3) is 5.91 Å². The zero-order valence-corrected chi connectivity index (χ0v) is 18.0. The molecule has 0 saturated carbocycles. The second-order valence-corrected chi connectivity index (χ2v) is 7.93. The molecule has 1 aliphatic rings. The fourth-order valence-corrected chi connectivity index (χ4v) is 3.60. The molecule has 1 aromatic heterocycles. The number of halogens is 3. The summed E-state index contributed by atoms with van der Waals surface area (Å²) < 4.78 is 37.8. The zero-order valence-electron chi connectivity index (χ0n) is 17.2. The molecule has 3 N–H and O–H groups in total. The second-order valence-electron chi connectivity index (χ2n) is 6.99. The van der Waals surface area contributed by atoms with E-state index >= 15 is 0 Å². The van der Waals surface area contributed by atoms with Gasteiger partial charge in [-0.1, -0.05) is 6.92 Å². The zero-order chi connectivity index (χ0) is 22.4. The first kappa shape index (κ1) is 23.9. The first-order valence-corrected chi connectivity index (χ1v) is 10.7. The maximum Gasteiger partial charge on any atom is 0.434 e. The Morgan fingerprint density at radius 3 is 2.63 bits per heavy atom. The first-order chi connectivity index (χ1) is 14.1. The number of aliphatic imine (C=N–C) groups is 1. The number of nitrogens with zero attached hydrogens (tertiary/aromatic N) is 3. The second kappa shape index (κ2) is 10.1. The minimum atomic E-state index is -4.43. The molecule has 0 aliphatic carbocycles. The third-order valence-corrected chi connectivity index (χ3v) is 5.59. The minimum Gasteiger partial charge on any atom is -0.357 e. The molecule has 2 heterocycles. The first-order valence-electron chi connectivity index (χ1n) is 9.78. The number of amides is 3. The van der Waals surface area contributed by atoms with E-state index < -0.39 is 17.4 Å². The Morgan fingerprint density at radius 2 is 2.07 bits per heavy atom. The summed E-state index contributed by atoms with van der Waals surface area (Å²) in [5, 5.41) is 10.2. The molecule has 3 amide bonds. The molecular weight excluding hydrogens is 421 g/mol. The van der Waals surface area contributed by atoms with Crippen LogP contribution in [-0.2, 0) is 17.4 Å². The lowest BCUT2D eigenvalue weighted by atomic mass is 9.99. The molecule has 1 saturated heterocycles. The molecule has 2 rings (SSSR count). The lowest BCUT2D eigenvalue weighted by Gasteiger charge is -2.19. The number of alkyl halides is 3. The average Bonchev–Trinajstić information content (AvgIpc) is 3.23. The molecule has 0 bridgehead atoms. The maximum absolute atomic E-state index is 12.6. The van der Waals surface area contributed by atoms with E-state index in [1.54, 1.807) is 6.92 Å². The van der Waals surface area contributed by atoms with Crippen LogP contribution in [-0.4, -0.2) is 59.5 Å². The van der Waals surface area contributed by atoms with Crippen molar-refractivity contribution in [2.45, 2.75) is 51.7 Å². The van der Waals surface area contributed by atoms with Crippen LogP contribution in [0, 0.1) is 0 Å². The SMILES string of the molecule is CCNC(=NCCCN1C(=O)NC(C)(CC)C1=O)NCCc1nc(C(F)(F)F)cs1. The molecule has 1 atom stereocenters. The van der Waals surface area contributed by atoms with Crippen molar-refractivity contribution in [3.8, 4) is 0 Å². The van der Waals surface area contributed by atoms with Crippen LogP contribution in [0.25, 0.3) is 0 Å². The van der Waals surface area contributed by atoms with E-state index in [4.69, 9.17) is 0 Å². The predicted molar refractivity (Wildman–Crippen MR) is 108 cm³/mol. The number of hydrogen-bond acceptors (Lipinski definition) is 5. The Morgan fingerprint density at radius 1 is 1.33 bits per heavy atom. The summed E-state index contributed by atoms with van der Waals surface area (Å²) in [5.41, 5.74) is -1.72. The molecule has 168 valence electrons. The summed E-state index contributed by atoms with van der Waals surface area (Å²) >= 11 is 0.972. The summed E-state index contributed by atoms with van der Waals surface area (Å²) in [6, 6.07) is -0.389. The van der Waals surface area contributed by atoms with E-state index in [1.807, 2.05) is 13.8 Å². The largest absolute Gasteiger partial charge is 0.434 e. The number of carbonyl (C=O) groups is 2. The molecule has 30 heavy (non-hydrogen) atoms. The van der Waals surface area contributed by atoms with E-state index in [0.29, 0.717) is 49.9 Å². The van der Waals surface area contributed by atoms with Crippen molar-refractivity contribution in [3.63, 3.8) is 0 Å². The van der Waals surface area contributed by atoms with Crippen molar-refractivity contribution in [1.82, 2.24) is 25.8 Å². The molecule has 1 fully saturated rings. The number of aromatic nitrogens is 1. The number of rotatable bonds is 9. The van der Waals surface area contributed by atoms with Gasteiger partial charge in [-0.05, 0) is 26.7 Å². The Bertz CT molecular complexity index is 782. The Labute approximate surface area is 177 Å². The Balaban J connectivity index is 1.80. The number of urea groups is 1. The van der Waals surface area contributed by atoms with Gasteiger partial charge in [0.1, 0.15) is 5.54 Å². The maximum atomic E-state index is 12.6. The average molecular weight is 449 g/mol. The van der Waals surface area contributed by atoms with Crippen LogP contribution >= 0.6 is 11.3 Å². The van der Waals surface area contributed by atoms with Gasteiger partial charge in [-0.25, -0.2) is 9.78 Å². The number of imide groups is 1. The van der Waals surface area contributed by atoms with Gasteiger partial charge in [-0.15, -0.1) is 11.3 Å². The van der Waals surface area contributed by atoms with E-state index in [0.717, 1.165) is 16.7 Å². The van der Waals surface area contributed by atoms with Crippen LogP contribution in [0.4, 0.5) is 18.0 Å². The van der Waals surface area contributed by atoms with E-state index in [2.05, 4.69) is 25.9 Å². The third kappa shape index (κ3) is 6.07. The van der Waals surface area contributed by atoms with E-state index in [9.17, 15) is 22.8 Å². The van der Waals surface area contributed by atoms with Gasteiger partial charge in [0.15, 0.2) is 11.7 Å². The standard InChI is InChI=1S/C18H27F3N6O2S/c1-4-17(3)14(28)27(16(29)26-17)10-6-8-23-15(22-5-2)24-9-7-13-25-12(11-30-13)18(19,20)21/h11H,4-10H2,1-3H3,(H,26,29)(H2,22,23,24). The van der Waals surface area contributed by atoms with Gasteiger partial charge >= 0.3 is 12.2 Å². The van der Waals surface area contributed by atoms with Crippen LogP contribution in [0.2, 0.25) is 0 Å². The highest BCUT2D eigenvalue weighted by Gasteiger charge is 2.45. The van der Waals surface area contributed by atoms with Crippen molar-refractivity contribution < 1.29 is 22.8 Å². The smallest absolute Gasteiger partial charge is 0.357 e. The summed E-state index contributed by atoms with van der Waals surface area (Å²) in [4.78, 5) is 33.5. The highest BCUT2D eigenvalue weighted by Crippen LogP contribution is 2.30. The van der Waals surface area contributed by atoms with Gasteiger partial charge in [-0.3, -0.25) is 14.7 Å². The van der Waals surface area contributed by atoms with Crippen molar-refractivity contribution in [1.29, 1.82) is 0 Å². The highest BCUT2D eigenvalue weighted by molar-refractivity contribution is 7.09. The lowest BCUT2D eigenvalue weighted by molar-refractivity contribution is -0.140. The topological polar surface area (TPSA) is 98.7 Å². The molecule has 1 aromatic rings. The molecule has 0 aromatic carbocycles. The molecular formula is C18H27F3N6O2S. The number of thiazole rings is 1. The molecule has 1 unspecified atom stereocenters. The van der Waals surface area contributed by atoms with Crippen LogP contribution in [0.3, 0.4) is 0 Å². The molecule has 0 spiro atoms. The van der Waals surface area contributed by atoms with Gasteiger partial charge < -0.3 is 16.0 Å². The molecule has 1 aliphatic heterocycles. The number of carbonyl (C=O) groups excluding carboxylic acids is 2. The number of hydrogen-bond donors (Lipinski definition) is 3. The minimum absolute atomic E-state index is 0.231. The van der Waals surface area contributed by atoms with Crippen LogP contribution in [0.5, 0.6) is 0 Å². The summed E-state index contributed by atoms with van der Waals surface area (Å²) in [7, 11) is 0. The van der Waals surface area contributed by atoms with Crippen molar-refractivity contribution >= 4 is 29.2 Å². The monoisotopic (exact) mass is 448 g/mol.